The number of nitrogens with zero attached hydrogens (tertiary/aromatic N) is 2. The summed E-state index contributed by atoms with van der Waals surface area (Å²) >= 11 is 5.62. The molecule has 0 spiro atoms. The zero-order chi connectivity index (χ0) is 12.7. The third-order valence-corrected chi connectivity index (χ3v) is 2.77. The topological polar surface area (TPSA) is 37.8 Å². The van der Waals surface area contributed by atoms with Crippen LogP contribution in [0.15, 0.2) is 6.20 Å². The Kier molecular flexibility index (Phi) is 6.19. The van der Waals surface area contributed by atoms with Gasteiger partial charge in [-0.05, 0) is 24.9 Å². The van der Waals surface area contributed by atoms with Crippen LogP contribution < -0.4 is 5.32 Å². The van der Waals surface area contributed by atoms with Crippen LogP contribution in [-0.4, -0.2) is 16.0 Å². The maximum atomic E-state index is 13.3. The van der Waals surface area contributed by atoms with Gasteiger partial charge in [0.1, 0.15) is 0 Å². The van der Waals surface area contributed by atoms with Gasteiger partial charge in [0.2, 0.25) is 5.28 Å². The van der Waals surface area contributed by atoms with Crippen molar-refractivity contribution in [2.45, 2.75) is 52.0 Å². The second-order valence-corrected chi connectivity index (χ2v) is 4.57. The summed E-state index contributed by atoms with van der Waals surface area (Å²) in [6.45, 7) is 4.20. The lowest BCUT2D eigenvalue weighted by atomic mass is 10.1. The lowest BCUT2D eigenvalue weighted by molar-refractivity contribution is 0.580. The average molecular weight is 260 g/mol. The number of halogens is 2. The molecule has 0 amide bonds. The van der Waals surface area contributed by atoms with Crippen molar-refractivity contribution in [1.29, 1.82) is 0 Å². The highest BCUT2D eigenvalue weighted by molar-refractivity contribution is 6.28. The summed E-state index contributed by atoms with van der Waals surface area (Å²) in [6.07, 6.45) is 6.92. The number of rotatable bonds is 7. The molecule has 0 saturated heterocycles. The molecule has 0 aliphatic rings. The molecule has 0 aliphatic carbocycles. The van der Waals surface area contributed by atoms with Crippen molar-refractivity contribution < 1.29 is 4.39 Å². The van der Waals surface area contributed by atoms with Gasteiger partial charge in [-0.15, -0.1) is 0 Å². The molecule has 0 saturated carbocycles. The minimum Gasteiger partial charge on any atom is -0.365 e. The fourth-order valence-electron chi connectivity index (χ4n) is 1.63. The summed E-state index contributed by atoms with van der Waals surface area (Å²) < 4.78 is 13.3. The van der Waals surface area contributed by atoms with E-state index in [-0.39, 0.29) is 17.1 Å². The van der Waals surface area contributed by atoms with E-state index < -0.39 is 5.82 Å². The van der Waals surface area contributed by atoms with E-state index in [1.165, 1.54) is 19.3 Å². The Balaban J connectivity index is 2.39. The van der Waals surface area contributed by atoms with E-state index in [4.69, 9.17) is 11.6 Å². The first-order chi connectivity index (χ1) is 8.13. The summed E-state index contributed by atoms with van der Waals surface area (Å²) in [5, 5.41) is 3.08. The molecule has 1 aromatic rings. The third-order valence-electron chi connectivity index (χ3n) is 2.59. The smallest absolute Gasteiger partial charge is 0.224 e. The highest BCUT2D eigenvalue weighted by Crippen LogP contribution is 2.15. The third kappa shape index (κ3) is 5.31. The molecule has 17 heavy (non-hydrogen) atoms. The highest BCUT2D eigenvalue weighted by atomic mass is 35.5. The molecule has 0 aliphatic heterocycles. The van der Waals surface area contributed by atoms with E-state index in [1.807, 2.05) is 6.92 Å². The molecule has 0 bridgehead atoms. The van der Waals surface area contributed by atoms with Gasteiger partial charge >= 0.3 is 0 Å². The molecule has 5 heteroatoms. The van der Waals surface area contributed by atoms with E-state index in [0.717, 1.165) is 19.0 Å². The largest absolute Gasteiger partial charge is 0.365 e. The van der Waals surface area contributed by atoms with Crippen molar-refractivity contribution in [3.05, 3.63) is 17.3 Å². The summed E-state index contributed by atoms with van der Waals surface area (Å²) in [5.74, 6) is -0.275. The molecule has 1 heterocycles. The van der Waals surface area contributed by atoms with Crippen LogP contribution >= 0.6 is 11.6 Å². The standard InChI is InChI=1S/C12H19ClFN3/c1-3-4-5-6-7-9(2)16-11-10(14)8-15-12(13)17-11/h8-9H,3-7H2,1-2H3,(H,15,16,17). The van der Waals surface area contributed by atoms with Crippen molar-refractivity contribution in [3.63, 3.8) is 0 Å². The minimum atomic E-state index is -0.463. The lowest BCUT2D eigenvalue weighted by Crippen LogP contribution is -2.17. The Hall–Kier alpha value is -0.900. The van der Waals surface area contributed by atoms with E-state index >= 15 is 0 Å². The molecule has 0 radical (unpaired) electrons. The predicted molar refractivity (Wildman–Crippen MR) is 68.8 cm³/mol. The van der Waals surface area contributed by atoms with Gasteiger partial charge in [-0.1, -0.05) is 32.6 Å². The van der Waals surface area contributed by atoms with E-state index in [0.29, 0.717) is 0 Å². The first kappa shape index (κ1) is 14.2. The van der Waals surface area contributed by atoms with Gasteiger partial charge in [0, 0.05) is 6.04 Å². The number of nitrogens with one attached hydrogen (secondary N) is 1. The molecule has 96 valence electrons. The second kappa shape index (κ2) is 7.43. The Labute approximate surface area is 107 Å². The number of unbranched alkanes of at least 4 members (excludes halogenated alkanes) is 3. The van der Waals surface area contributed by atoms with E-state index in [1.54, 1.807) is 0 Å². The first-order valence-electron chi connectivity index (χ1n) is 6.08. The molecular formula is C12H19ClFN3. The Morgan fingerprint density at radius 2 is 2.18 bits per heavy atom. The van der Waals surface area contributed by atoms with Gasteiger partial charge in [-0.25, -0.2) is 9.37 Å². The van der Waals surface area contributed by atoms with Gasteiger partial charge in [-0.3, -0.25) is 0 Å². The SMILES string of the molecule is CCCCCCC(C)Nc1nc(Cl)ncc1F. The van der Waals surface area contributed by atoms with Gasteiger partial charge in [0.05, 0.1) is 6.20 Å². The van der Waals surface area contributed by atoms with Crippen LogP contribution in [0.4, 0.5) is 10.2 Å². The van der Waals surface area contributed by atoms with Crippen molar-refractivity contribution in [2.24, 2.45) is 0 Å². The van der Waals surface area contributed by atoms with Crippen molar-refractivity contribution in [1.82, 2.24) is 9.97 Å². The highest BCUT2D eigenvalue weighted by Gasteiger charge is 2.09. The second-order valence-electron chi connectivity index (χ2n) is 4.23. The van der Waals surface area contributed by atoms with Crippen molar-refractivity contribution in [2.75, 3.05) is 5.32 Å². The Morgan fingerprint density at radius 3 is 2.88 bits per heavy atom. The average Bonchev–Trinajstić information content (AvgIpc) is 2.29. The maximum Gasteiger partial charge on any atom is 0.224 e. The molecule has 1 rings (SSSR count). The molecule has 0 aromatic carbocycles. The molecule has 0 fully saturated rings. The number of hydrogen-bond acceptors (Lipinski definition) is 3. The fourth-order valence-corrected chi connectivity index (χ4v) is 1.76. The molecular weight excluding hydrogens is 241 g/mol. The van der Waals surface area contributed by atoms with Crippen LogP contribution in [-0.2, 0) is 0 Å². The number of hydrogen-bond donors (Lipinski definition) is 1. The zero-order valence-electron chi connectivity index (χ0n) is 10.3. The van der Waals surface area contributed by atoms with Crippen LogP contribution in [0.2, 0.25) is 5.28 Å². The van der Waals surface area contributed by atoms with Gasteiger partial charge in [0.15, 0.2) is 11.6 Å². The normalized spacial score (nSPS) is 12.5. The van der Waals surface area contributed by atoms with E-state index in [9.17, 15) is 4.39 Å². The molecule has 1 aromatic heterocycles. The summed E-state index contributed by atoms with van der Waals surface area (Å²) in [4.78, 5) is 7.40. The van der Waals surface area contributed by atoms with Crippen LogP contribution in [0.3, 0.4) is 0 Å². The molecule has 1 unspecified atom stereocenters. The van der Waals surface area contributed by atoms with Crippen molar-refractivity contribution in [3.8, 4) is 0 Å². The quantitative estimate of drug-likeness (QED) is 0.593. The van der Waals surface area contributed by atoms with Gasteiger partial charge < -0.3 is 5.32 Å². The summed E-state index contributed by atoms with van der Waals surface area (Å²) in [7, 11) is 0. The van der Waals surface area contributed by atoms with Crippen LogP contribution in [0.1, 0.15) is 46.0 Å². The number of aromatic nitrogens is 2. The number of anilines is 1. The van der Waals surface area contributed by atoms with Crippen LogP contribution in [0, 0.1) is 5.82 Å². The zero-order valence-corrected chi connectivity index (χ0v) is 11.1. The van der Waals surface area contributed by atoms with Crippen LogP contribution in [0.5, 0.6) is 0 Å². The summed E-state index contributed by atoms with van der Waals surface area (Å²) in [5.41, 5.74) is 0. The monoisotopic (exact) mass is 259 g/mol. The van der Waals surface area contributed by atoms with Crippen LogP contribution in [0.25, 0.3) is 0 Å². The predicted octanol–water partition coefficient (Wildman–Crippen LogP) is 4.04. The summed E-state index contributed by atoms with van der Waals surface area (Å²) in [6, 6.07) is 0.187. The minimum absolute atomic E-state index is 0.0621. The molecule has 1 atom stereocenters. The maximum absolute atomic E-state index is 13.3. The Morgan fingerprint density at radius 1 is 1.41 bits per heavy atom. The van der Waals surface area contributed by atoms with Gasteiger partial charge in [-0.2, -0.15) is 4.98 Å². The van der Waals surface area contributed by atoms with E-state index in [2.05, 4.69) is 22.2 Å². The fraction of sp³-hybridized carbons (Fsp3) is 0.667. The lowest BCUT2D eigenvalue weighted by Gasteiger charge is -2.14. The molecule has 1 N–H and O–H groups in total. The Bertz CT molecular complexity index is 347. The first-order valence-corrected chi connectivity index (χ1v) is 6.46. The molecule has 3 nitrogen and oxygen atoms in total. The van der Waals surface area contributed by atoms with Crippen molar-refractivity contribution >= 4 is 17.4 Å². The van der Waals surface area contributed by atoms with Gasteiger partial charge in [0.25, 0.3) is 0 Å².